The number of nitrogens with two attached hydrogens (primary N) is 1. The van der Waals surface area contributed by atoms with Crippen molar-refractivity contribution in [1.29, 1.82) is 0 Å². The zero-order chi connectivity index (χ0) is 45.7. The molecule has 4 aliphatic heterocycles. The molecule has 11 N–H and O–H groups in total. The molecule has 0 aliphatic carbocycles. The van der Waals surface area contributed by atoms with Crippen molar-refractivity contribution in [2.24, 2.45) is 10.1 Å². The summed E-state index contributed by atoms with van der Waals surface area (Å²) in [5, 5.41) is 60.6. The summed E-state index contributed by atoms with van der Waals surface area (Å²) in [4.78, 5) is 81.1. The Labute approximate surface area is 402 Å². The van der Waals surface area contributed by atoms with Crippen molar-refractivity contribution in [2.75, 3.05) is 22.2 Å². The summed E-state index contributed by atoms with van der Waals surface area (Å²) in [7, 11) is 0. The van der Waals surface area contributed by atoms with E-state index in [1.807, 2.05) is 13.8 Å². The molecule has 5 heterocycles. The molecule has 2 aromatic carbocycles. The summed E-state index contributed by atoms with van der Waals surface area (Å²) in [6.45, 7) is 6.23. The SMILES string of the molecule is CC1=NC2=CN(c3cc(O)c(O)c(Cl)c3)NN2C(SCC2=C(C(=O)O)N3C(=O)[C@@H](NC(=O)C(=NOC(C)(C)C(=O)NNC(=O)c4ccc(O)c(O)c4)c4csc(N)n4)[C@H]3SC2)=C1C.[NaH]. The van der Waals surface area contributed by atoms with Crippen molar-refractivity contribution in [3.05, 3.63) is 85.9 Å². The molecule has 4 aliphatic rings. The van der Waals surface area contributed by atoms with Crippen LogP contribution in [-0.2, 0) is 24.0 Å². The number of carbonyl (C=O) groups excluding carboxylic acids is 4. The normalized spacial score (nSPS) is 18.3. The van der Waals surface area contributed by atoms with Crippen molar-refractivity contribution >= 4 is 128 Å². The number of aromatic hydroxyl groups is 4. The molecule has 2 atom stereocenters. The molecule has 0 unspecified atom stereocenters. The van der Waals surface area contributed by atoms with Gasteiger partial charge in [0.15, 0.2) is 39.7 Å². The second kappa shape index (κ2) is 18.8. The molecule has 0 bridgehead atoms. The number of nitrogen functional groups attached to an aromatic ring is 1. The number of hydrogen-bond donors (Lipinski definition) is 10. The Kier molecular flexibility index (Phi) is 14.1. The number of halogens is 1. The van der Waals surface area contributed by atoms with Gasteiger partial charge in [-0.25, -0.2) is 19.8 Å². The van der Waals surface area contributed by atoms with Gasteiger partial charge in [-0.1, -0.05) is 16.8 Å². The van der Waals surface area contributed by atoms with Gasteiger partial charge >= 0.3 is 35.5 Å². The van der Waals surface area contributed by atoms with Gasteiger partial charge in [0.25, 0.3) is 23.6 Å². The van der Waals surface area contributed by atoms with E-state index in [-0.39, 0.29) is 68.2 Å². The van der Waals surface area contributed by atoms with Crippen LogP contribution in [0.2, 0.25) is 5.02 Å². The minimum atomic E-state index is -1.83. The van der Waals surface area contributed by atoms with Gasteiger partial charge in [0.05, 0.1) is 21.9 Å². The summed E-state index contributed by atoms with van der Waals surface area (Å²) in [6.07, 6.45) is 1.65. The van der Waals surface area contributed by atoms with E-state index in [2.05, 4.69) is 36.8 Å². The number of hydrogen-bond acceptors (Lipinski definition) is 20. The number of thiazole rings is 1. The first-order valence-corrected chi connectivity index (χ1v) is 21.5. The van der Waals surface area contributed by atoms with Crippen LogP contribution in [0.1, 0.15) is 43.7 Å². The van der Waals surface area contributed by atoms with Crippen molar-refractivity contribution in [2.45, 2.75) is 44.7 Å². The van der Waals surface area contributed by atoms with Crippen molar-refractivity contribution in [3.8, 4) is 23.0 Å². The Morgan fingerprint density at radius 2 is 1.83 bits per heavy atom. The molecule has 332 valence electrons. The molecule has 27 heteroatoms. The Morgan fingerprint density at radius 3 is 2.48 bits per heavy atom. The maximum atomic E-state index is 13.8. The number of allylic oxidation sites excluding steroid dienone is 1. The summed E-state index contributed by atoms with van der Waals surface area (Å²) in [5.74, 6) is -5.85. The summed E-state index contributed by atoms with van der Waals surface area (Å²) in [6, 6.07) is 4.83. The molecule has 22 nitrogen and oxygen atoms in total. The van der Waals surface area contributed by atoms with E-state index in [0.717, 1.165) is 33.9 Å². The minimum absolute atomic E-state index is 0. The molecule has 64 heavy (non-hydrogen) atoms. The second-order valence-corrected chi connectivity index (χ2v) is 17.7. The Hall–Kier alpha value is -5.67. The molecule has 0 radical (unpaired) electrons. The molecule has 7 rings (SSSR count). The number of phenolic OH excluding ortho intramolecular Hbond substituents is 4. The van der Waals surface area contributed by atoms with Gasteiger partial charge in [-0.2, -0.15) is 0 Å². The van der Waals surface area contributed by atoms with E-state index in [4.69, 9.17) is 22.2 Å². The van der Waals surface area contributed by atoms with Crippen LogP contribution in [0.4, 0.5) is 10.8 Å². The fourth-order valence-corrected chi connectivity index (χ4v) is 9.55. The van der Waals surface area contributed by atoms with Crippen LogP contribution in [0.25, 0.3) is 0 Å². The number of oxime groups is 1. The Balaban J connectivity index is 0.00000680. The van der Waals surface area contributed by atoms with Gasteiger partial charge in [-0.05, 0) is 57.5 Å². The maximum absolute atomic E-state index is 13.8. The summed E-state index contributed by atoms with van der Waals surface area (Å²) in [5.41, 5.74) is 12.9. The van der Waals surface area contributed by atoms with Gasteiger partial charge in [0, 0.05) is 39.8 Å². The van der Waals surface area contributed by atoms with Gasteiger partial charge in [-0.3, -0.25) is 39.9 Å². The molecule has 0 saturated carbocycles. The molecule has 1 saturated heterocycles. The van der Waals surface area contributed by atoms with E-state index < -0.39 is 75.3 Å². The molecule has 0 spiro atoms. The van der Waals surface area contributed by atoms with E-state index >= 15 is 0 Å². The number of carboxylic acid groups (broad SMARTS) is 1. The number of aliphatic imine (C=N–C) groups is 1. The third-order valence-electron chi connectivity index (χ3n) is 9.67. The van der Waals surface area contributed by atoms with Crippen LogP contribution in [0.3, 0.4) is 0 Å². The zero-order valence-electron chi connectivity index (χ0n) is 33.2. The van der Waals surface area contributed by atoms with E-state index in [0.29, 0.717) is 27.8 Å². The van der Waals surface area contributed by atoms with Gasteiger partial charge in [0.2, 0.25) is 5.60 Å². The number of amides is 4. The van der Waals surface area contributed by atoms with Gasteiger partial charge in [-0.15, -0.1) is 40.4 Å². The number of fused-ring (bicyclic) bond motifs is 2. The van der Waals surface area contributed by atoms with Crippen LogP contribution in [0, 0.1) is 0 Å². The number of benzene rings is 2. The summed E-state index contributed by atoms with van der Waals surface area (Å²) >= 11 is 9.61. The molecule has 1 aromatic heterocycles. The number of aromatic nitrogens is 1. The van der Waals surface area contributed by atoms with Crippen molar-refractivity contribution in [3.63, 3.8) is 0 Å². The van der Waals surface area contributed by atoms with Crippen molar-refractivity contribution in [1.82, 2.24) is 36.6 Å². The summed E-state index contributed by atoms with van der Waals surface area (Å²) < 4.78 is 0. The van der Waals surface area contributed by atoms with E-state index in [1.165, 1.54) is 66.0 Å². The van der Waals surface area contributed by atoms with Crippen LogP contribution in [0.5, 0.6) is 23.0 Å². The average Bonchev–Trinajstić information content (AvgIpc) is 3.87. The molecule has 1 fully saturated rings. The van der Waals surface area contributed by atoms with Gasteiger partial charge in [0.1, 0.15) is 22.8 Å². The number of carboxylic acids is 1. The Morgan fingerprint density at radius 1 is 1.09 bits per heavy atom. The number of phenols is 4. The predicted octanol–water partition coefficient (Wildman–Crippen LogP) is 1.73. The number of carbonyl (C=O) groups is 5. The zero-order valence-corrected chi connectivity index (χ0v) is 36.4. The molecule has 3 aromatic rings. The quantitative estimate of drug-likeness (QED) is 0.0406. The average molecular weight is 966 g/mol. The number of rotatable bonds is 12. The van der Waals surface area contributed by atoms with Gasteiger partial charge < -0.3 is 41.4 Å². The standard InChI is InChI=1S/C37H36ClN11O11S3.Na.H/c1-14-15(2)40-24-10-47(18-8-19(38)28(53)23(52)9-18)46-49(24)32(14)61-11-17-12-62-33-26(31(56)48(33)27(17)34(57)58)42-30(55)25(20-13-63-36(39)41-20)45-60-37(3,4)35(59)44-43-29(54)16-5-6-21(50)22(51)7-16;;/h5-10,13,26,33,46,50-53H,11-12H2,1-4H3,(H2,39,41)(H,42,55)(H,43,54)(H,44,59)(H,57,58);;/t26-,33-;;/m1../s1. The Bertz CT molecular complexity index is 2630. The first kappa shape index (κ1) is 47.8. The first-order chi connectivity index (χ1) is 29.7. The van der Waals surface area contributed by atoms with Crippen LogP contribution in [-0.4, -0.2) is 140 Å². The fraction of sp³-hybridized carbons (Fsp3) is 0.243. The predicted molar refractivity (Wildman–Crippen MR) is 239 cm³/mol. The van der Waals surface area contributed by atoms with E-state index in [1.54, 1.807) is 11.2 Å². The van der Waals surface area contributed by atoms with Crippen LogP contribution in [0.15, 0.2) is 79.8 Å². The molecule has 4 amide bonds. The topological polar surface area (TPSA) is 317 Å². The van der Waals surface area contributed by atoms with Crippen molar-refractivity contribution < 1.29 is 54.3 Å². The first-order valence-electron chi connectivity index (χ1n) is 18.2. The molecular weight excluding hydrogens is 929 g/mol. The number of nitrogens with one attached hydrogen (secondary N) is 4. The number of thioether (sulfide) groups is 2. The third kappa shape index (κ3) is 9.42. The number of anilines is 2. The number of β-lactam (4-membered cyclic amide) rings is 1. The van der Waals surface area contributed by atoms with E-state index in [9.17, 15) is 49.5 Å². The number of aliphatic carboxylic acids is 1. The number of nitrogens with zero attached hydrogens (tertiary/aromatic N) is 6. The third-order valence-corrected chi connectivity index (χ3v) is 13.2. The van der Waals surface area contributed by atoms with Crippen LogP contribution < -0.4 is 32.4 Å². The van der Waals surface area contributed by atoms with Crippen LogP contribution >= 0.6 is 46.5 Å². The monoisotopic (exact) mass is 965 g/mol. The molecular formula is C37H37ClN11NaO11S3. The fourth-order valence-electron chi connectivity index (χ4n) is 6.14. The number of hydrazine groups is 3. The second-order valence-electron chi connectivity index (χ2n) is 14.3.